The number of piperidine rings is 2. The minimum atomic E-state index is -3.83. The van der Waals surface area contributed by atoms with Gasteiger partial charge in [0.05, 0.1) is 0 Å². The summed E-state index contributed by atoms with van der Waals surface area (Å²) in [5.74, 6) is 0.670. The van der Waals surface area contributed by atoms with Crippen LogP contribution in [0.5, 0.6) is 0 Å². The van der Waals surface area contributed by atoms with Crippen molar-refractivity contribution in [2.75, 3.05) is 36.8 Å². The van der Waals surface area contributed by atoms with E-state index in [1.54, 1.807) is 0 Å². The molecule has 2 aliphatic heterocycles. The summed E-state index contributed by atoms with van der Waals surface area (Å²) in [4.78, 5) is 24.9. The molecule has 4 N–H and O–H groups in total. The number of nitrogens with one attached hydrogen (secondary N) is 4. The fourth-order valence-corrected chi connectivity index (χ4v) is 9.00. The van der Waals surface area contributed by atoms with E-state index in [0.717, 1.165) is 66.3 Å². The summed E-state index contributed by atoms with van der Waals surface area (Å²) < 4.78 is 56.7. The summed E-state index contributed by atoms with van der Waals surface area (Å²) in [6, 6.07) is 6.26. The van der Waals surface area contributed by atoms with E-state index >= 15 is 0 Å². The lowest BCUT2D eigenvalue weighted by Gasteiger charge is -2.26. The molecule has 0 saturated carbocycles. The van der Waals surface area contributed by atoms with E-state index in [0.29, 0.717) is 42.6 Å². The first-order valence-corrected chi connectivity index (χ1v) is 21.6. The van der Waals surface area contributed by atoms with Crippen LogP contribution in [0.3, 0.4) is 0 Å². The van der Waals surface area contributed by atoms with Gasteiger partial charge in [-0.2, -0.15) is 25.4 Å². The highest BCUT2D eigenvalue weighted by Crippen LogP contribution is 2.36. The van der Waals surface area contributed by atoms with Gasteiger partial charge in [-0.15, -0.1) is 0 Å². The molecule has 0 aromatic heterocycles. The topological polar surface area (TPSA) is 157 Å². The minimum absolute atomic E-state index is 0.125. The average Bonchev–Trinajstić information content (AvgIpc) is 3.06. The van der Waals surface area contributed by atoms with Gasteiger partial charge in [0.2, 0.25) is 0 Å². The molecule has 2 aromatic rings. The zero-order chi connectivity index (χ0) is 39.0. The third-order valence-electron chi connectivity index (χ3n) is 9.23. The van der Waals surface area contributed by atoms with Crippen LogP contribution >= 0.6 is 11.6 Å². The summed E-state index contributed by atoms with van der Waals surface area (Å²) in [7, 11) is -7.64. The lowest BCUT2D eigenvalue weighted by Crippen LogP contribution is -2.47. The maximum atomic E-state index is 12.5. The Labute approximate surface area is 317 Å². The van der Waals surface area contributed by atoms with E-state index in [-0.39, 0.29) is 23.7 Å². The highest BCUT2D eigenvalue weighted by Gasteiger charge is 2.28. The first kappa shape index (κ1) is 43.5. The second-order valence-corrected chi connectivity index (χ2v) is 18.7. The summed E-state index contributed by atoms with van der Waals surface area (Å²) >= 11 is 6.22. The molecule has 0 unspecified atom stereocenters. The van der Waals surface area contributed by atoms with Gasteiger partial charge in [-0.3, -0.25) is 0 Å². The largest absolute Gasteiger partial charge is 0.333 e. The van der Waals surface area contributed by atoms with Crippen molar-refractivity contribution in [3.8, 4) is 0 Å². The summed E-state index contributed by atoms with van der Waals surface area (Å²) in [6.45, 7) is 20.1. The Balaban J connectivity index is 0.000000280. The van der Waals surface area contributed by atoms with Crippen LogP contribution in [0.1, 0.15) is 145 Å². The number of urea groups is 2. The monoisotopic (exact) mass is 782 g/mol. The second kappa shape index (κ2) is 18.9. The van der Waals surface area contributed by atoms with Gasteiger partial charge in [-0.1, -0.05) is 97.5 Å². The van der Waals surface area contributed by atoms with Gasteiger partial charge < -0.3 is 10.6 Å². The molecule has 15 heteroatoms. The third kappa shape index (κ3) is 12.1. The third-order valence-corrected chi connectivity index (χ3v) is 12.4. The highest BCUT2D eigenvalue weighted by atomic mass is 35.5. The van der Waals surface area contributed by atoms with Gasteiger partial charge >= 0.3 is 32.5 Å². The first-order valence-electron chi connectivity index (χ1n) is 18.4. The number of nitrogens with zero attached hydrogens (tertiary/aromatic N) is 2. The number of aryl methyl sites for hydroxylation is 1. The SMILES string of the molecule is CC(C)c1cc(Cl)cc(C(C)C)c1NC(=O)NS(=O)(=O)N1CCCCC1.Cc1cc(C(C)C)c(NC(=O)NS(=O)(=O)N2CCCCC2)c(C(C)C)c1. The molecule has 0 spiro atoms. The van der Waals surface area contributed by atoms with Gasteiger partial charge in [0.15, 0.2) is 0 Å². The predicted molar refractivity (Wildman–Crippen MR) is 212 cm³/mol. The van der Waals surface area contributed by atoms with Gasteiger partial charge in [-0.05, 0) is 90.7 Å². The lowest BCUT2D eigenvalue weighted by molar-refractivity contribution is 0.254. The summed E-state index contributed by atoms with van der Waals surface area (Å²) in [6.07, 6.45) is 5.32. The number of carbonyl (C=O) groups excluding carboxylic acids is 2. The number of anilines is 2. The van der Waals surface area contributed by atoms with Crippen LogP contribution < -0.4 is 20.1 Å². The Morgan fingerprint density at radius 1 is 0.558 bits per heavy atom. The molecule has 0 bridgehead atoms. The van der Waals surface area contributed by atoms with Crippen LogP contribution in [0.4, 0.5) is 21.0 Å². The number of rotatable bonds is 10. The Kier molecular flexibility index (Phi) is 15.8. The van der Waals surface area contributed by atoms with E-state index in [9.17, 15) is 26.4 Å². The van der Waals surface area contributed by atoms with Crippen molar-refractivity contribution in [3.63, 3.8) is 0 Å². The van der Waals surface area contributed by atoms with Gasteiger partial charge in [-0.25, -0.2) is 19.0 Å². The molecule has 2 aromatic carbocycles. The first-order chi connectivity index (χ1) is 24.2. The Hall–Kier alpha value is -2.91. The number of carbonyl (C=O) groups is 2. The van der Waals surface area contributed by atoms with Crippen LogP contribution in [-0.2, 0) is 20.4 Å². The van der Waals surface area contributed by atoms with Gasteiger partial charge in [0, 0.05) is 42.6 Å². The molecule has 4 rings (SSSR count). The molecule has 0 aliphatic carbocycles. The van der Waals surface area contributed by atoms with Crippen molar-refractivity contribution >= 4 is 55.5 Å². The molecular weight excluding hydrogens is 724 g/mol. The van der Waals surface area contributed by atoms with Crippen LogP contribution in [0.2, 0.25) is 5.02 Å². The normalized spacial score (nSPS) is 16.1. The Morgan fingerprint density at radius 3 is 1.13 bits per heavy atom. The van der Waals surface area contributed by atoms with E-state index < -0.39 is 32.5 Å². The van der Waals surface area contributed by atoms with Crippen molar-refractivity contribution in [2.24, 2.45) is 0 Å². The van der Waals surface area contributed by atoms with E-state index in [1.807, 2.05) is 58.9 Å². The maximum absolute atomic E-state index is 12.5. The van der Waals surface area contributed by atoms with Crippen molar-refractivity contribution in [1.82, 2.24) is 18.1 Å². The predicted octanol–water partition coefficient (Wildman–Crippen LogP) is 8.53. The molecule has 292 valence electrons. The molecule has 2 saturated heterocycles. The zero-order valence-corrected chi connectivity index (χ0v) is 34.6. The molecule has 0 atom stereocenters. The molecule has 2 heterocycles. The van der Waals surface area contributed by atoms with Gasteiger partial charge in [0.1, 0.15) is 0 Å². The summed E-state index contributed by atoms with van der Waals surface area (Å²) in [5.41, 5.74) is 6.26. The fraction of sp³-hybridized carbons (Fsp3) is 0.622. The standard InChI is InChI=1S/C19H31N3O3S.C18H28ClN3O3S/c1-13(2)16-11-15(5)12-17(14(3)4)18(16)20-19(23)21-26(24,25)22-9-7-6-8-10-22;1-12(2)15-10-14(19)11-16(13(3)4)17(15)20-18(23)21-26(24,25)22-8-6-5-7-9-22/h11-14H,6-10H2,1-5H3,(H2,20,21,23);10-13H,5-9H2,1-4H3,(H2,20,21,23). The number of halogens is 1. The van der Waals surface area contributed by atoms with Crippen LogP contribution in [0, 0.1) is 6.92 Å². The number of amides is 4. The second-order valence-electron chi connectivity index (χ2n) is 14.9. The average molecular weight is 784 g/mol. The van der Waals surface area contributed by atoms with Crippen LogP contribution in [0.15, 0.2) is 24.3 Å². The van der Waals surface area contributed by atoms with E-state index in [4.69, 9.17) is 11.6 Å². The highest BCUT2D eigenvalue weighted by molar-refractivity contribution is 7.88. The minimum Gasteiger partial charge on any atom is -0.307 e. The van der Waals surface area contributed by atoms with Crippen molar-refractivity contribution < 1.29 is 26.4 Å². The fourth-order valence-electron chi connectivity index (χ4n) is 6.46. The molecule has 0 radical (unpaired) electrons. The van der Waals surface area contributed by atoms with Crippen LogP contribution in [-0.4, -0.2) is 63.7 Å². The van der Waals surface area contributed by atoms with Crippen molar-refractivity contribution in [2.45, 2.75) is 125 Å². The Bertz CT molecular complexity index is 1580. The van der Waals surface area contributed by atoms with E-state index in [1.165, 1.54) is 8.61 Å². The van der Waals surface area contributed by atoms with Crippen LogP contribution in [0.25, 0.3) is 0 Å². The molecule has 4 amide bonds. The van der Waals surface area contributed by atoms with Crippen molar-refractivity contribution in [1.29, 1.82) is 0 Å². The smallest absolute Gasteiger partial charge is 0.307 e. The number of benzene rings is 2. The lowest BCUT2D eigenvalue weighted by atomic mass is 9.90. The molecular formula is C37H59ClN6O6S2. The van der Waals surface area contributed by atoms with E-state index in [2.05, 4.69) is 47.8 Å². The molecule has 52 heavy (non-hydrogen) atoms. The molecule has 2 aliphatic rings. The summed E-state index contributed by atoms with van der Waals surface area (Å²) in [5, 5.41) is 6.16. The number of hydrogen-bond donors (Lipinski definition) is 4. The Morgan fingerprint density at radius 2 is 0.846 bits per heavy atom. The van der Waals surface area contributed by atoms with Gasteiger partial charge in [0.25, 0.3) is 0 Å². The molecule has 12 nitrogen and oxygen atoms in total. The molecule has 2 fully saturated rings. The van der Waals surface area contributed by atoms with Crippen molar-refractivity contribution in [3.05, 3.63) is 57.1 Å². The maximum Gasteiger partial charge on any atom is 0.333 e. The quantitative estimate of drug-likeness (QED) is 0.189. The zero-order valence-electron chi connectivity index (χ0n) is 32.2. The number of hydrogen-bond acceptors (Lipinski definition) is 6.